The third kappa shape index (κ3) is 2.53. The normalized spacial score (nSPS) is 37.4. The number of urea groups is 1. The highest BCUT2D eigenvalue weighted by molar-refractivity contribution is 5.85. The number of halogens is 1. The second kappa shape index (κ2) is 5.53. The molecular formula is C13H21ClN4O3. The van der Waals surface area contributed by atoms with Crippen LogP contribution in [0.1, 0.15) is 6.42 Å². The zero-order chi connectivity index (χ0) is 13.7. The number of ether oxygens (including phenoxy) is 1. The summed E-state index contributed by atoms with van der Waals surface area (Å²) in [5.41, 5.74) is 0. The molecule has 0 spiro atoms. The van der Waals surface area contributed by atoms with Crippen LogP contribution in [0.15, 0.2) is 0 Å². The third-order valence-electron chi connectivity index (χ3n) is 5.05. The molecule has 0 unspecified atom stereocenters. The maximum atomic E-state index is 12.6. The van der Waals surface area contributed by atoms with E-state index < -0.39 is 0 Å². The van der Waals surface area contributed by atoms with Gasteiger partial charge in [0.15, 0.2) is 0 Å². The molecule has 0 bridgehead atoms. The highest BCUT2D eigenvalue weighted by atomic mass is 35.5. The van der Waals surface area contributed by atoms with Crippen molar-refractivity contribution >= 4 is 24.5 Å². The van der Waals surface area contributed by atoms with Crippen LogP contribution in [0.5, 0.6) is 0 Å². The lowest BCUT2D eigenvalue weighted by Crippen LogP contribution is -2.53. The molecule has 4 fully saturated rings. The van der Waals surface area contributed by atoms with Gasteiger partial charge in [-0.05, 0) is 18.3 Å². The zero-order valence-electron chi connectivity index (χ0n) is 11.8. The van der Waals surface area contributed by atoms with E-state index in [1.807, 2.05) is 9.80 Å². The van der Waals surface area contributed by atoms with Gasteiger partial charge in [-0.1, -0.05) is 0 Å². The van der Waals surface area contributed by atoms with Crippen LogP contribution in [0, 0.1) is 11.8 Å². The fraction of sp³-hybridized carbons (Fsp3) is 0.846. The minimum atomic E-state index is -0.351. The largest absolute Gasteiger partial charge is 0.442 e. The molecule has 118 valence electrons. The van der Waals surface area contributed by atoms with Gasteiger partial charge in [0.25, 0.3) is 0 Å². The van der Waals surface area contributed by atoms with Crippen molar-refractivity contribution in [2.24, 2.45) is 11.8 Å². The Bertz CT molecular complexity index is 437. The van der Waals surface area contributed by atoms with Crippen molar-refractivity contribution in [1.82, 2.24) is 20.4 Å². The Morgan fingerprint density at radius 3 is 2.57 bits per heavy atom. The Morgan fingerprint density at radius 1 is 1.14 bits per heavy atom. The molecule has 0 aromatic carbocycles. The van der Waals surface area contributed by atoms with E-state index in [9.17, 15) is 9.59 Å². The van der Waals surface area contributed by atoms with Crippen molar-refractivity contribution in [3.63, 3.8) is 0 Å². The van der Waals surface area contributed by atoms with Crippen LogP contribution in [-0.2, 0) is 4.74 Å². The van der Waals surface area contributed by atoms with Crippen LogP contribution in [0.3, 0.4) is 0 Å². The van der Waals surface area contributed by atoms with Crippen LogP contribution in [0.25, 0.3) is 0 Å². The molecule has 4 saturated heterocycles. The average Bonchev–Trinajstić information content (AvgIpc) is 3.08. The van der Waals surface area contributed by atoms with Crippen LogP contribution >= 0.6 is 12.4 Å². The summed E-state index contributed by atoms with van der Waals surface area (Å²) in [6.07, 6.45) is 0.254. The van der Waals surface area contributed by atoms with Gasteiger partial charge < -0.3 is 25.2 Å². The van der Waals surface area contributed by atoms with Gasteiger partial charge in [0.2, 0.25) is 0 Å². The van der Waals surface area contributed by atoms with Gasteiger partial charge in [0.05, 0.1) is 12.6 Å². The van der Waals surface area contributed by atoms with Gasteiger partial charge in [0, 0.05) is 32.7 Å². The maximum Gasteiger partial charge on any atom is 0.407 e. The second-order valence-corrected chi connectivity index (χ2v) is 6.30. The molecule has 4 aliphatic rings. The molecule has 0 aromatic heterocycles. The Hall–Kier alpha value is -1.21. The number of piperidine rings is 1. The second-order valence-electron chi connectivity index (χ2n) is 6.30. The Labute approximate surface area is 129 Å². The number of likely N-dealkylation sites (tertiary alicyclic amines) is 2. The van der Waals surface area contributed by atoms with Gasteiger partial charge >= 0.3 is 12.1 Å². The van der Waals surface area contributed by atoms with E-state index in [-0.39, 0.29) is 36.7 Å². The maximum absolute atomic E-state index is 12.6. The summed E-state index contributed by atoms with van der Waals surface area (Å²) >= 11 is 0. The zero-order valence-corrected chi connectivity index (χ0v) is 12.6. The quantitative estimate of drug-likeness (QED) is 0.652. The van der Waals surface area contributed by atoms with E-state index in [4.69, 9.17) is 4.74 Å². The van der Waals surface area contributed by atoms with Gasteiger partial charge in [-0.2, -0.15) is 0 Å². The molecule has 2 N–H and O–H groups in total. The number of hydrogen-bond donors (Lipinski definition) is 2. The molecule has 0 aliphatic carbocycles. The predicted molar refractivity (Wildman–Crippen MR) is 77.4 cm³/mol. The topological polar surface area (TPSA) is 73.9 Å². The van der Waals surface area contributed by atoms with Crippen molar-refractivity contribution < 1.29 is 14.3 Å². The number of fused-ring (bicyclic) bond motifs is 2. The van der Waals surface area contributed by atoms with E-state index in [0.29, 0.717) is 24.9 Å². The molecule has 0 saturated carbocycles. The number of carbonyl (C=O) groups excluding carboxylic acids is 2. The molecule has 4 aliphatic heterocycles. The summed E-state index contributed by atoms with van der Waals surface area (Å²) in [5, 5.41) is 6.18. The number of nitrogens with one attached hydrogen (secondary N) is 2. The first-order chi connectivity index (χ1) is 9.70. The summed E-state index contributed by atoms with van der Waals surface area (Å²) < 4.78 is 5.21. The van der Waals surface area contributed by atoms with E-state index in [1.165, 1.54) is 0 Å². The first-order valence-corrected chi connectivity index (χ1v) is 7.42. The summed E-state index contributed by atoms with van der Waals surface area (Å²) in [6.45, 7) is 5.00. The molecule has 4 rings (SSSR count). The number of rotatable bonds is 0. The van der Waals surface area contributed by atoms with Crippen molar-refractivity contribution in [2.45, 2.75) is 18.6 Å². The minimum absolute atomic E-state index is 0. The van der Waals surface area contributed by atoms with Gasteiger partial charge in [-0.3, -0.25) is 0 Å². The summed E-state index contributed by atoms with van der Waals surface area (Å²) in [4.78, 5) is 27.6. The van der Waals surface area contributed by atoms with Gasteiger partial charge in [-0.15, -0.1) is 12.4 Å². The predicted octanol–water partition coefficient (Wildman–Crippen LogP) is -0.138. The molecule has 8 heteroatoms. The van der Waals surface area contributed by atoms with E-state index >= 15 is 0 Å². The monoisotopic (exact) mass is 316 g/mol. The molecule has 3 amide bonds. The number of nitrogens with zero attached hydrogens (tertiary/aromatic N) is 2. The fourth-order valence-electron chi connectivity index (χ4n) is 3.91. The van der Waals surface area contributed by atoms with Gasteiger partial charge in [0.1, 0.15) is 6.10 Å². The van der Waals surface area contributed by atoms with Crippen LogP contribution in [0.4, 0.5) is 9.59 Å². The molecule has 4 heterocycles. The highest BCUT2D eigenvalue weighted by Crippen LogP contribution is 2.28. The fourth-order valence-corrected chi connectivity index (χ4v) is 3.91. The number of amides is 3. The van der Waals surface area contributed by atoms with E-state index in [0.717, 1.165) is 32.6 Å². The van der Waals surface area contributed by atoms with Gasteiger partial charge in [-0.25, -0.2) is 9.59 Å². The SMILES string of the molecule is Cl.O=C1N[C@@H]2CCN(C(=O)N3C[C@H]4CNC[C@@H]4C3)C[C@H]2O1. The smallest absolute Gasteiger partial charge is 0.407 e. The molecule has 21 heavy (non-hydrogen) atoms. The summed E-state index contributed by atoms with van der Waals surface area (Å²) in [7, 11) is 0. The first kappa shape index (κ1) is 14.7. The van der Waals surface area contributed by atoms with Crippen LogP contribution in [0.2, 0.25) is 0 Å². The standard InChI is InChI=1S/C13H20N4O3.ClH/c18-12-15-10-1-2-16(7-11(10)20-12)13(19)17-5-8-3-14-4-9(8)6-17;/h8-11,14H,1-7H2,(H,15,18);1H/t8-,9-,10-,11-;/m1./s1. The number of hydrogen-bond acceptors (Lipinski definition) is 4. The average molecular weight is 317 g/mol. The third-order valence-corrected chi connectivity index (χ3v) is 5.05. The minimum Gasteiger partial charge on any atom is -0.442 e. The molecule has 7 nitrogen and oxygen atoms in total. The molecular weight excluding hydrogens is 296 g/mol. The number of carbonyl (C=O) groups is 2. The van der Waals surface area contributed by atoms with Crippen LogP contribution in [-0.4, -0.2) is 73.3 Å². The van der Waals surface area contributed by atoms with Crippen molar-refractivity contribution in [2.75, 3.05) is 39.3 Å². The first-order valence-electron chi connectivity index (χ1n) is 7.42. The summed E-state index contributed by atoms with van der Waals surface area (Å²) in [5.74, 6) is 1.23. The summed E-state index contributed by atoms with van der Waals surface area (Å²) in [6, 6.07) is 0.189. The lowest BCUT2D eigenvalue weighted by atomic mass is 10.0. The lowest BCUT2D eigenvalue weighted by molar-refractivity contribution is 0.0720. The molecule has 4 atom stereocenters. The Balaban J connectivity index is 0.00000132. The Kier molecular flexibility index (Phi) is 3.88. The van der Waals surface area contributed by atoms with Crippen LogP contribution < -0.4 is 10.6 Å². The van der Waals surface area contributed by atoms with E-state index in [2.05, 4.69) is 10.6 Å². The van der Waals surface area contributed by atoms with Crippen molar-refractivity contribution in [1.29, 1.82) is 0 Å². The van der Waals surface area contributed by atoms with E-state index in [1.54, 1.807) is 0 Å². The molecule has 0 aromatic rings. The Morgan fingerprint density at radius 2 is 1.86 bits per heavy atom. The number of alkyl carbamates (subject to hydrolysis) is 1. The highest BCUT2D eigenvalue weighted by Gasteiger charge is 2.43. The molecule has 0 radical (unpaired) electrons. The lowest BCUT2D eigenvalue weighted by Gasteiger charge is -2.35. The van der Waals surface area contributed by atoms with Crippen molar-refractivity contribution in [3.8, 4) is 0 Å². The van der Waals surface area contributed by atoms with Crippen molar-refractivity contribution in [3.05, 3.63) is 0 Å².